The Morgan fingerprint density at radius 1 is 1.37 bits per heavy atom. The number of nitrogens with two attached hydrogens (primary N) is 1. The fraction of sp³-hybridized carbons (Fsp3) is 0.846. The predicted octanol–water partition coefficient (Wildman–Crippen LogP) is 0.957. The van der Waals surface area contributed by atoms with E-state index in [0.717, 1.165) is 25.8 Å². The molecule has 0 radical (unpaired) electrons. The van der Waals surface area contributed by atoms with Crippen molar-refractivity contribution in [3.63, 3.8) is 0 Å². The highest BCUT2D eigenvalue weighted by molar-refractivity contribution is 5.73. The van der Waals surface area contributed by atoms with Crippen LogP contribution in [0.2, 0.25) is 0 Å². The first kappa shape index (κ1) is 23.0. The van der Waals surface area contributed by atoms with Crippen molar-refractivity contribution in [3.8, 4) is 0 Å². The van der Waals surface area contributed by atoms with Crippen LogP contribution < -0.4 is 16.4 Å². The SMILES string of the molecule is CC.CCCN.CNC(CCCCNC=O)C(=O)O. The number of hydrogen-bond donors (Lipinski definition) is 4. The van der Waals surface area contributed by atoms with Crippen LogP contribution >= 0.6 is 0 Å². The number of hydrogen-bond acceptors (Lipinski definition) is 4. The molecule has 0 aromatic carbocycles. The van der Waals surface area contributed by atoms with Crippen LogP contribution in [-0.4, -0.2) is 43.7 Å². The summed E-state index contributed by atoms with van der Waals surface area (Å²) >= 11 is 0. The molecule has 0 rings (SSSR count). The molecule has 1 atom stereocenters. The van der Waals surface area contributed by atoms with Gasteiger partial charge in [-0.2, -0.15) is 0 Å². The third-order valence-corrected chi connectivity index (χ3v) is 2.08. The summed E-state index contributed by atoms with van der Waals surface area (Å²) in [6, 6.07) is -0.476. The number of likely N-dealkylation sites (N-methyl/N-ethyl adjacent to an activating group) is 1. The maximum Gasteiger partial charge on any atom is 0.320 e. The van der Waals surface area contributed by atoms with Gasteiger partial charge in [0.25, 0.3) is 0 Å². The lowest BCUT2D eigenvalue weighted by Crippen LogP contribution is -2.33. The molecule has 0 saturated carbocycles. The van der Waals surface area contributed by atoms with Crippen LogP contribution in [0.1, 0.15) is 46.5 Å². The van der Waals surface area contributed by atoms with Crippen molar-refractivity contribution in [2.24, 2.45) is 5.73 Å². The molecule has 0 bridgehead atoms. The van der Waals surface area contributed by atoms with Gasteiger partial charge < -0.3 is 21.5 Å². The third-order valence-electron chi connectivity index (χ3n) is 2.08. The summed E-state index contributed by atoms with van der Waals surface area (Å²) in [4.78, 5) is 20.4. The lowest BCUT2D eigenvalue weighted by atomic mass is 10.1. The van der Waals surface area contributed by atoms with Crippen molar-refractivity contribution >= 4 is 12.4 Å². The number of carboxylic acid groups (broad SMARTS) is 1. The third kappa shape index (κ3) is 22.5. The minimum atomic E-state index is -0.828. The van der Waals surface area contributed by atoms with Crippen LogP contribution in [0.15, 0.2) is 0 Å². The second kappa shape index (κ2) is 22.1. The van der Waals surface area contributed by atoms with E-state index in [9.17, 15) is 9.59 Å². The molecule has 0 aromatic rings. The number of aliphatic carboxylic acids is 1. The lowest BCUT2D eigenvalue weighted by molar-refractivity contribution is -0.139. The van der Waals surface area contributed by atoms with E-state index in [2.05, 4.69) is 17.6 Å². The average molecular weight is 277 g/mol. The molecular formula is C13H31N3O3. The molecule has 0 aliphatic carbocycles. The Morgan fingerprint density at radius 3 is 2.21 bits per heavy atom. The summed E-state index contributed by atoms with van der Waals surface area (Å²) in [5, 5.41) is 13.9. The maximum absolute atomic E-state index is 10.5. The Labute approximate surface area is 117 Å². The Balaban J connectivity index is -0.000000361. The van der Waals surface area contributed by atoms with Crippen molar-refractivity contribution < 1.29 is 14.7 Å². The zero-order chi connectivity index (χ0) is 15.5. The number of carbonyl (C=O) groups excluding carboxylic acids is 1. The molecule has 0 fully saturated rings. The standard InChI is InChI=1S/C8H16N2O3.C3H9N.C2H6/c1-9-7(8(12)13)4-2-3-5-10-6-11;1-2-3-4;1-2/h6-7,9H,2-5H2,1H3,(H,10,11)(H,12,13);2-4H2,1H3;1-2H3. The monoisotopic (exact) mass is 277 g/mol. The average Bonchev–Trinajstić information content (AvgIpc) is 2.45. The summed E-state index contributed by atoms with van der Waals surface area (Å²) in [7, 11) is 1.63. The fourth-order valence-corrected chi connectivity index (χ4v) is 1.03. The molecular weight excluding hydrogens is 246 g/mol. The van der Waals surface area contributed by atoms with Gasteiger partial charge in [0, 0.05) is 6.54 Å². The lowest BCUT2D eigenvalue weighted by Gasteiger charge is -2.09. The zero-order valence-corrected chi connectivity index (χ0v) is 12.7. The molecule has 116 valence electrons. The van der Waals surface area contributed by atoms with E-state index in [-0.39, 0.29) is 0 Å². The van der Waals surface area contributed by atoms with E-state index in [1.807, 2.05) is 13.8 Å². The minimum Gasteiger partial charge on any atom is -0.480 e. The molecule has 6 nitrogen and oxygen atoms in total. The van der Waals surface area contributed by atoms with Gasteiger partial charge in [-0.05, 0) is 39.3 Å². The molecule has 0 spiro atoms. The van der Waals surface area contributed by atoms with Crippen molar-refractivity contribution in [2.45, 2.75) is 52.5 Å². The van der Waals surface area contributed by atoms with E-state index in [1.165, 1.54) is 0 Å². The molecule has 0 saturated heterocycles. The van der Waals surface area contributed by atoms with Gasteiger partial charge in [0.1, 0.15) is 6.04 Å². The number of unbranched alkanes of at least 4 members (excludes halogenated alkanes) is 1. The van der Waals surface area contributed by atoms with E-state index < -0.39 is 12.0 Å². The summed E-state index contributed by atoms with van der Waals surface area (Å²) in [6.45, 7) is 7.49. The van der Waals surface area contributed by atoms with Crippen molar-refractivity contribution in [3.05, 3.63) is 0 Å². The van der Waals surface area contributed by atoms with Gasteiger partial charge in [-0.1, -0.05) is 20.8 Å². The topological polar surface area (TPSA) is 104 Å². The predicted molar refractivity (Wildman–Crippen MR) is 79.1 cm³/mol. The Hall–Kier alpha value is -1.14. The summed E-state index contributed by atoms with van der Waals surface area (Å²) < 4.78 is 0. The zero-order valence-electron chi connectivity index (χ0n) is 12.7. The van der Waals surface area contributed by atoms with Crippen LogP contribution in [0.4, 0.5) is 0 Å². The van der Waals surface area contributed by atoms with Crippen molar-refractivity contribution in [1.82, 2.24) is 10.6 Å². The van der Waals surface area contributed by atoms with Crippen LogP contribution in [0.5, 0.6) is 0 Å². The first-order valence-electron chi connectivity index (χ1n) is 6.91. The van der Waals surface area contributed by atoms with Gasteiger partial charge in [-0.25, -0.2) is 0 Å². The van der Waals surface area contributed by atoms with Gasteiger partial charge in [-0.3, -0.25) is 9.59 Å². The molecule has 0 aromatic heterocycles. The van der Waals surface area contributed by atoms with E-state index in [4.69, 9.17) is 10.8 Å². The molecule has 19 heavy (non-hydrogen) atoms. The molecule has 1 unspecified atom stereocenters. The molecule has 5 N–H and O–H groups in total. The molecule has 0 heterocycles. The summed E-state index contributed by atoms with van der Waals surface area (Å²) in [5.74, 6) is -0.828. The number of amides is 1. The van der Waals surface area contributed by atoms with Crippen LogP contribution in [0.25, 0.3) is 0 Å². The van der Waals surface area contributed by atoms with Crippen LogP contribution in [-0.2, 0) is 9.59 Å². The van der Waals surface area contributed by atoms with Gasteiger partial charge in [0.05, 0.1) is 0 Å². The van der Waals surface area contributed by atoms with Crippen LogP contribution in [0.3, 0.4) is 0 Å². The van der Waals surface area contributed by atoms with E-state index >= 15 is 0 Å². The van der Waals surface area contributed by atoms with Crippen LogP contribution in [0, 0.1) is 0 Å². The van der Waals surface area contributed by atoms with Gasteiger partial charge in [-0.15, -0.1) is 0 Å². The fourth-order valence-electron chi connectivity index (χ4n) is 1.03. The highest BCUT2D eigenvalue weighted by Gasteiger charge is 2.12. The largest absolute Gasteiger partial charge is 0.480 e. The number of carboxylic acids is 1. The smallest absolute Gasteiger partial charge is 0.320 e. The highest BCUT2D eigenvalue weighted by atomic mass is 16.4. The number of carbonyl (C=O) groups is 2. The first-order chi connectivity index (χ1) is 9.13. The van der Waals surface area contributed by atoms with Crippen molar-refractivity contribution in [2.75, 3.05) is 20.1 Å². The highest BCUT2D eigenvalue weighted by Crippen LogP contribution is 1.99. The van der Waals surface area contributed by atoms with E-state index in [0.29, 0.717) is 19.4 Å². The Kier molecular flexibility index (Phi) is 26.7. The molecule has 0 aliphatic heterocycles. The van der Waals surface area contributed by atoms with Gasteiger partial charge in [0.2, 0.25) is 6.41 Å². The normalized spacial score (nSPS) is 10.2. The minimum absolute atomic E-state index is 0.476. The molecule has 0 aliphatic rings. The number of rotatable bonds is 9. The Bertz CT molecular complexity index is 188. The number of nitrogens with one attached hydrogen (secondary N) is 2. The Morgan fingerprint density at radius 2 is 1.89 bits per heavy atom. The summed E-state index contributed by atoms with van der Waals surface area (Å²) in [5.41, 5.74) is 5.03. The second-order valence-corrected chi connectivity index (χ2v) is 3.54. The quantitative estimate of drug-likeness (QED) is 0.371. The van der Waals surface area contributed by atoms with Gasteiger partial charge >= 0.3 is 5.97 Å². The summed E-state index contributed by atoms with van der Waals surface area (Å²) in [6.07, 6.45) is 3.93. The van der Waals surface area contributed by atoms with Gasteiger partial charge in [0.15, 0.2) is 0 Å². The van der Waals surface area contributed by atoms with E-state index in [1.54, 1.807) is 7.05 Å². The first-order valence-corrected chi connectivity index (χ1v) is 6.91. The molecule has 6 heteroatoms. The maximum atomic E-state index is 10.5. The second-order valence-electron chi connectivity index (χ2n) is 3.54. The van der Waals surface area contributed by atoms with Crippen molar-refractivity contribution in [1.29, 1.82) is 0 Å². The molecule has 1 amide bonds.